The van der Waals surface area contributed by atoms with Gasteiger partial charge in [-0.2, -0.15) is 0 Å². The minimum Gasteiger partial charge on any atom is -0.488 e. The Morgan fingerprint density at radius 1 is 1.16 bits per heavy atom. The van der Waals surface area contributed by atoms with E-state index in [2.05, 4.69) is 0 Å². The number of hydrazine groups is 1. The lowest BCUT2D eigenvalue weighted by Crippen LogP contribution is -2.30. The third-order valence-corrected chi connectivity index (χ3v) is 2.60. The van der Waals surface area contributed by atoms with Crippen LogP contribution in [0.25, 0.3) is 0 Å². The lowest BCUT2D eigenvalue weighted by atomic mass is 10.2. The Hall–Kier alpha value is -2.40. The Labute approximate surface area is 110 Å². The maximum atomic E-state index is 13.4. The van der Waals surface area contributed by atoms with Gasteiger partial charge < -0.3 is 4.74 Å². The molecule has 0 aliphatic carbocycles. The van der Waals surface area contributed by atoms with Crippen molar-refractivity contribution < 1.29 is 13.9 Å². The van der Waals surface area contributed by atoms with Gasteiger partial charge in [0.25, 0.3) is 5.91 Å². The van der Waals surface area contributed by atoms with Gasteiger partial charge in [0, 0.05) is 5.56 Å². The van der Waals surface area contributed by atoms with E-state index >= 15 is 0 Å². The third-order valence-electron chi connectivity index (χ3n) is 2.60. The van der Waals surface area contributed by atoms with Crippen LogP contribution in [-0.2, 0) is 6.61 Å². The molecular weight excluding hydrogens is 247 g/mol. The maximum absolute atomic E-state index is 13.4. The largest absolute Gasteiger partial charge is 0.488 e. The molecule has 98 valence electrons. The number of carbonyl (C=O) groups excluding carboxylic acids is 1. The first-order chi connectivity index (χ1) is 9.22. The highest BCUT2D eigenvalue weighted by atomic mass is 19.1. The number of nitrogens with one attached hydrogen (secondary N) is 1. The van der Waals surface area contributed by atoms with Crippen molar-refractivity contribution in [1.82, 2.24) is 5.43 Å². The number of para-hydroxylation sites is 1. The van der Waals surface area contributed by atoms with Gasteiger partial charge in [0.1, 0.15) is 18.2 Å². The second kappa shape index (κ2) is 5.97. The van der Waals surface area contributed by atoms with Crippen LogP contribution in [0.2, 0.25) is 0 Å². The standard InChI is InChI=1S/C14H13FN2O2/c15-12-7-3-1-5-10(12)9-19-13-8-4-2-6-11(13)14(18)17-16/h1-8H,9,16H2,(H,17,18). The predicted molar refractivity (Wildman–Crippen MR) is 68.8 cm³/mol. The average Bonchev–Trinajstić information content (AvgIpc) is 2.46. The number of rotatable bonds is 4. The van der Waals surface area contributed by atoms with E-state index < -0.39 is 5.91 Å². The van der Waals surface area contributed by atoms with Gasteiger partial charge in [-0.3, -0.25) is 10.2 Å². The highest BCUT2D eigenvalue weighted by Crippen LogP contribution is 2.19. The maximum Gasteiger partial charge on any atom is 0.268 e. The molecule has 0 heterocycles. The highest BCUT2D eigenvalue weighted by Gasteiger charge is 2.11. The number of benzene rings is 2. The van der Waals surface area contributed by atoms with E-state index in [4.69, 9.17) is 10.6 Å². The Bertz CT molecular complexity index is 587. The van der Waals surface area contributed by atoms with Crippen LogP contribution in [0.15, 0.2) is 48.5 Å². The summed E-state index contributed by atoms with van der Waals surface area (Å²) in [5, 5.41) is 0. The summed E-state index contributed by atoms with van der Waals surface area (Å²) in [7, 11) is 0. The van der Waals surface area contributed by atoms with Gasteiger partial charge in [0.2, 0.25) is 0 Å². The van der Waals surface area contributed by atoms with Crippen LogP contribution in [0.1, 0.15) is 15.9 Å². The molecule has 0 aliphatic rings. The fourth-order valence-corrected chi connectivity index (χ4v) is 1.63. The van der Waals surface area contributed by atoms with E-state index in [0.29, 0.717) is 16.9 Å². The SMILES string of the molecule is NNC(=O)c1ccccc1OCc1ccccc1F. The van der Waals surface area contributed by atoms with E-state index in [0.717, 1.165) is 0 Å². The van der Waals surface area contributed by atoms with Crippen molar-refractivity contribution in [3.05, 3.63) is 65.5 Å². The summed E-state index contributed by atoms with van der Waals surface area (Å²) in [6.45, 7) is 0.0432. The molecule has 0 saturated heterocycles. The van der Waals surface area contributed by atoms with Gasteiger partial charge in [-0.25, -0.2) is 10.2 Å². The summed E-state index contributed by atoms with van der Waals surface area (Å²) in [4.78, 5) is 11.5. The molecule has 2 aromatic carbocycles. The molecule has 0 radical (unpaired) electrons. The molecule has 2 aromatic rings. The Balaban J connectivity index is 2.16. The summed E-state index contributed by atoms with van der Waals surface area (Å²) in [5.41, 5.74) is 2.77. The van der Waals surface area contributed by atoms with E-state index in [1.54, 1.807) is 42.5 Å². The molecule has 2 rings (SSSR count). The molecule has 0 fully saturated rings. The van der Waals surface area contributed by atoms with Crippen LogP contribution < -0.4 is 16.0 Å². The van der Waals surface area contributed by atoms with Crippen LogP contribution in [-0.4, -0.2) is 5.91 Å². The van der Waals surface area contributed by atoms with E-state index in [1.165, 1.54) is 6.07 Å². The minimum atomic E-state index is -0.455. The van der Waals surface area contributed by atoms with Crippen LogP contribution in [0.3, 0.4) is 0 Å². The van der Waals surface area contributed by atoms with Gasteiger partial charge >= 0.3 is 0 Å². The minimum absolute atomic E-state index is 0.0432. The summed E-state index contributed by atoms with van der Waals surface area (Å²) in [6.07, 6.45) is 0. The van der Waals surface area contributed by atoms with Crippen molar-refractivity contribution in [2.24, 2.45) is 5.84 Å². The van der Waals surface area contributed by atoms with Crippen molar-refractivity contribution in [3.8, 4) is 5.75 Å². The first kappa shape index (κ1) is 13.0. The molecular formula is C14H13FN2O2. The smallest absolute Gasteiger partial charge is 0.268 e. The Morgan fingerprint density at radius 3 is 2.58 bits per heavy atom. The van der Waals surface area contributed by atoms with Gasteiger partial charge in [0.05, 0.1) is 5.56 Å². The quantitative estimate of drug-likeness (QED) is 0.502. The normalized spacial score (nSPS) is 10.0. The lowest BCUT2D eigenvalue weighted by molar-refractivity contribution is 0.0949. The molecule has 1 amide bonds. The molecule has 0 unspecified atom stereocenters. The molecule has 3 N–H and O–H groups in total. The lowest BCUT2D eigenvalue weighted by Gasteiger charge is -2.10. The topological polar surface area (TPSA) is 64.3 Å². The van der Waals surface area contributed by atoms with Gasteiger partial charge in [-0.15, -0.1) is 0 Å². The first-order valence-electron chi connectivity index (χ1n) is 5.68. The monoisotopic (exact) mass is 260 g/mol. The number of hydrogen-bond donors (Lipinski definition) is 2. The first-order valence-corrected chi connectivity index (χ1v) is 5.68. The van der Waals surface area contributed by atoms with Crippen molar-refractivity contribution in [2.75, 3.05) is 0 Å². The van der Waals surface area contributed by atoms with Crippen LogP contribution in [0.5, 0.6) is 5.75 Å². The second-order valence-corrected chi connectivity index (χ2v) is 3.85. The summed E-state index contributed by atoms with van der Waals surface area (Å²) in [5.74, 6) is 4.65. The number of nitrogens with two attached hydrogens (primary N) is 1. The Kier molecular flexibility index (Phi) is 4.10. The molecule has 4 nitrogen and oxygen atoms in total. The van der Waals surface area contributed by atoms with Crippen LogP contribution >= 0.6 is 0 Å². The molecule has 0 bridgehead atoms. The highest BCUT2D eigenvalue weighted by molar-refractivity contribution is 5.96. The molecule has 0 atom stereocenters. The molecule has 19 heavy (non-hydrogen) atoms. The van der Waals surface area contributed by atoms with Crippen LogP contribution in [0, 0.1) is 5.82 Å². The van der Waals surface area contributed by atoms with Gasteiger partial charge in [-0.05, 0) is 18.2 Å². The van der Waals surface area contributed by atoms with Gasteiger partial charge in [-0.1, -0.05) is 30.3 Å². The Morgan fingerprint density at radius 2 is 1.84 bits per heavy atom. The third kappa shape index (κ3) is 3.08. The summed E-state index contributed by atoms with van der Waals surface area (Å²) >= 11 is 0. The summed E-state index contributed by atoms with van der Waals surface area (Å²) in [6, 6.07) is 12.9. The zero-order valence-corrected chi connectivity index (χ0v) is 10.1. The molecule has 0 saturated carbocycles. The zero-order chi connectivity index (χ0) is 13.7. The van der Waals surface area contributed by atoms with E-state index in [9.17, 15) is 9.18 Å². The molecule has 0 aliphatic heterocycles. The fraction of sp³-hybridized carbons (Fsp3) is 0.0714. The van der Waals surface area contributed by atoms with E-state index in [1.807, 2.05) is 5.43 Å². The zero-order valence-electron chi connectivity index (χ0n) is 10.1. The number of hydrogen-bond acceptors (Lipinski definition) is 3. The molecule has 0 spiro atoms. The van der Waals surface area contributed by atoms with Gasteiger partial charge in [0.15, 0.2) is 0 Å². The predicted octanol–water partition coefficient (Wildman–Crippen LogP) is 2.01. The second-order valence-electron chi connectivity index (χ2n) is 3.85. The van der Waals surface area contributed by atoms with Crippen molar-refractivity contribution in [3.63, 3.8) is 0 Å². The summed E-state index contributed by atoms with van der Waals surface area (Å²) < 4.78 is 18.9. The van der Waals surface area contributed by atoms with Crippen molar-refractivity contribution in [1.29, 1.82) is 0 Å². The number of halogens is 1. The number of amides is 1. The van der Waals surface area contributed by atoms with Crippen LogP contribution in [0.4, 0.5) is 4.39 Å². The molecule has 5 heteroatoms. The number of carbonyl (C=O) groups is 1. The molecule has 0 aromatic heterocycles. The number of ether oxygens (including phenoxy) is 1. The fourth-order valence-electron chi connectivity index (χ4n) is 1.63. The van der Waals surface area contributed by atoms with Crippen molar-refractivity contribution >= 4 is 5.91 Å². The average molecular weight is 260 g/mol. The van der Waals surface area contributed by atoms with E-state index in [-0.39, 0.29) is 12.4 Å². The van der Waals surface area contributed by atoms with Crippen molar-refractivity contribution in [2.45, 2.75) is 6.61 Å². The number of nitrogen functional groups attached to an aromatic ring is 1.